The fourth-order valence-electron chi connectivity index (χ4n) is 0. The summed E-state index contributed by atoms with van der Waals surface area (Å²) in [6.45, 7) is 0. The molecule has 0 saturated carbocycles. The van der Waals surface area contributed by atoms with Gasteiger partial charge < -0.3 is 15.3 Å². The van der Waals surface area contributed by atoms with Crippen molar-refractivity contribution in [2.45, 2.75) is 0 Å². The maximum atomic E-state index is 7.00. The Bertz CT molecular complexity index is 10.1. The maximum Gasteiger partial charge on any atom is 0.0319 e. The van der Waals surface area contributed by atoms with Crippen LogP contribution in [0.4, 0.5) is 0 Å². The SMILES string of the molecule is CO.CO.CO.[Ni]. The molecule has 3 N–H and O–H groups in total. The average Bonchev–Trinajstić information content (AvgIpc) is 1.81. The van der Waals surface area contributed by atoms with E-state index in [1.165, 1.54) is 0 Å². The summed E-state index contributed by atoms with van der Waals surface area (Å²) in [7, 11) is 3.00. The van der Waals surface area contributed by atoms with Gasteiger partial charge >= 0.3 is 0 Å². The number of rotatable bonds is 0. The summed E-state index contributed by atoms with van der Waals surface area (Å²) >= 11 is 0. The molecule has 0 aromatic carbocycles. The molecule has 0 spiro atoms. The molecule has 0 heterocycles. The Kier molecular flexibility index (Phi) is 4960. The minimum absolute atomic E-state index is 0. The van der Waals surface area contributed by atoms with Crippen molar-refractivity contribution in [1.82, 2.24) is 0 Å². The molecule has 0 aliphatic carbocycles. The van der Waals surface area contributed by atoms with Gasteiger partial charge in [-0.2, -0.15) is 0 Å². The van der Waals surface area contributed by atoms with Gasteiger partial charge in [-0.1, -0.05) is 0 Å². The molecule has 0 aromatic heterocycles. The van der Waals surface area contributed by atoms with E-state index >= 15 is 0 Å². The predicted octanol–water partition coefficient (Wildman–Crippen LogP) is -1.18. The molecule has 0 amide bonds. The monoisotopic (exact) mass is 154 g/mol. The number of aliphatic hydroxyl groups excluding tert-OH is 3. The molecule has 0 aromatic rings. The first-order valence-corrected chi connectivity index (χ1v) is 1.34. The van der Waals surface area contributed by atoms with Gasteiger partial charge in [-0.25, -0.2) is 0 Å². The molecule has 7 heavy (non-hydrogen) atoms. The average molecular weight is 155 g/mol. The zero-order valence-corrected chi connectivity index (χ0v) is 5.65. The quantitative estimate of drug-likeness (QED) is 0.386. The molecule has 0 aliphatic rings. The molecule has 0 radical (unpaired) electrons. The van der Waals surface area contributed by atoms with Gasteiger partial charge in [0.1, 0.15) is 0 Å². The summed E-state index contributed by atoms with van der Waals surface area (Å²) < 4.78 is 0. The van der Waals surface area contributed by atoms with Crippen LogP contribution in [0.2, 0.25) is 0 Å². The summed E-state index contributed by atoms with van der Waals surface area (Å²) in [5.41, 5.74) is 0. The van der Waals surface area contributed by atoms with Crippen molar-refractivity contribution in [1.29, 1.82) is 0 Å². The van der Waals surface area contributed by atoms with Gasteiger partial charge in [0.15, 0.2) is 0 Å². The van der Waals surface area contributed by atoms with E-state index in [4.69, 9.17) is 15.3 Å². The van der Waals surface area contributed by atoms with Gasteiger partial charge in [-0.05, 0) is 0 Å². The van der Waals surface area contributed by atoms with Crippen LogP contribution in [0, 0.1) is 0 Å². The van der Waals surface area contributed by atoms with E-state index < -0.39 is 0 Å². The molecule has 0 atom stereocenters. The topological polar surface area (TPSA) is 60.7 Å². The van der Waals surface area contributed by atoms with Crippen molar-refractivity contribution in [3.05, 3.63) is 0 Å². The minimum atomic E-state index is 0. The maximum absolute atomic E-state index is 7.00. The van der Waals surface area contributed by atoms with E-state index in [9.17, 15) is 0 Å². The Labute approximate surface area is 53.9 Å². The van der Waals surface area contributed by atoms with Crippen molar-refractivity contribution >= 4 is 0 Å². The summed E-state index contributed by atoms with van der Waals surface area (Å²) in [6, 6.07) is 0. The molecular formula is C3H12NiO3. The van der Waals surface area contributed by atoms with Gasteiger partial charge in [-0.3, -0.25) is 0 Å². The van der Waals surface area contributed by atoms with Crippen molar-refractivity contribution in [2.75, 3.05) is 21.3 Å². The standard InChI is InChI=1S/3CH4O.Ni/c3*1-2;/h3*2H,1H3;. The minimum Gasteiger partial charge on any atom is -0.400 e. The molecule has 0 fully saturated rings. The van der Waals surface area contributed by atoms with E-state index in [1.807, 2.05) is 0 Å². The van der Waals surface area contributed by atoms with Gasteiger partial charge in [0, 0.05) is 37.8 Å². The first-order valence-electron chi connectivity index (χ1n) is 1.34. The van der Waals surface area contributed by atoms with Crippen LogP contribution in [0.1, 0.15) is 0 Å². The normalized spacial score (nSPS) is 2.57. The van der Waals surface area contributed by atoms with E-state index in [1.54, 1.807) is 0 Å². The molecule has 52 valence electrons. The predicted molar refractivity (Wildman–Crippen MR) is 24.4 cm³/mol. The Hall–Kier alpha value is 0.374. The third kappa shape index (κ3) is 874. The van der Waals surface area contributed by atoms with Gasteiger partial charge in [0.05, 0.1) is 0 Å². The molecule has 0 aliphatic heterocycles. The van der Waals surface area contributed by atoms with Gasteiger partial charge in [-0.15, -0.1) is 0 Å². The first-order chi connectivity index (χ1) is 3.00. The zero-order chi connectivity index (χ0) is 6.00. The largest absolute Gasteiger partial charge is 0.400 e. The van der Waals surface area contributed by atoms with Crippen LogP contribution in [-0.2, 0) is 16.5 Å². The summed E-state index contributed by atoms with van der Waals surface area (Å²) in [4.78, 5) is 0. The van der Waals surface area contributed by atoms with Crippen LogP contribution < -0.4 is 0 Å². The fourth-order valence-corrected chi connectivity index (χ4v) is 0. The third-order valence-electron chi connectivity index (χ3n) is 0. The molecular weight excluding hydrogens is 143 g/mol. The van der Waals surface area contributed by atoms with E-state index in [-0.39, 0.29) is 16.5 Å². The molecule has 4 heteroatoms. The number of hydrogen-bond acceptors (Lipinski definition) is 3. The molecule has 0 unspecified atom stereocenters. The summed E-state index contributed by atoms with van der Waals surface area (Å²) in [5, 5.41) is 21.0. The van der Waals surface area contributed by atoms with Crippen LogP contribution in [0.5, 0.6) is 0 Å². The smallest absolute Gasteiger partial charge is 0.0319 e. The number of hydrogen-bond donors (Lipinski definition) is 3. The molecule has 0 rings (SSSR count). The van der Waals surface area contributed by atoms with Crippen molar-refractivity contribution in [2.24, 2.45) is 0 Å². The van der Waals surface area contributed by atoms with Gasteiger partial charge in [0.25, 0.3) is 0 Å². The van der Waals surface area contributed by atoms with Crippen molar-refractivity contribution in [3.63, 3.8) is 0 Å². The molecule has 3 nitrogen and oxygen atoms in total. The second kappa shape index (κ2) is 1320. The molecule has 0 bridgehead atoms. The van der Waals surface area contributed by atoms with Crippen LogP contribution in [0.3, 0.4) is 0 Å². The summed E-state index contributed by atoms with van der Waals surface area (Å²) in [5.74, 6) is 0. The van der Waals surface area contributed by atoms with Crippen molar-refractivity contribution < 1.29 is 31.8 Å². The molecule has 0 saturated heterocycles. The second-order valence-electron chi connectivity index (χ2n) is 0. The van der Waals surface area contributed by atoms with E-state index in [0.717, 1.165) is 21.3 Å². The first kappa shape index (κ1) is 26.3. The Balaban J connectivity index is -0.00000000900. The Morgan fingerprint density at radius 3 is 0.571 bits per heavy atom. The summed E-state index contributed by atoms with van der Waals surface area (Å²) in [6.07, 6.45) is 0. The van der Waals surface area contributed by atoms with Crippen LogP contribution >= 0.6 is 0 Å². The second-order valence-corrected chi connectivity index (χ2v) is 0. The zero-order valence-electron chi connectivity index (χ0n) is 4.66. The van der Waals surface area contributed by atoms with Crippen LogP contribution in [-0.4, -0.2) is 36.6 Å². The third-order valence-corrected chi connectivity index (χ3v) is 0. The fraction of sp³-hybridized carbons (Fsp3) is 1.00. The van der Waals surface area contributed by atoms with Gasteiger partial charge in [0.2, 0.25) is 0 Å². The Morgan fingerprint density at radius 2 is 0.571 bits per heavy atom. The van der Waals surface area contributed by atoms with Crippen LogP contribution in [0.15, 0.2) is 0 Å². The van der Waals surface area contributed by atoms with E-state index in [0.29, 0.717) is 0 Å². The van der Waals surface area contributed by atoms with Crippen molar-refractivity contribution in [3.8, 4) is 0 Å². The van der Waals surface area contributed by atoms with Crippen LogP contribution in [0.25, 0.3) is 0 Å². The Morgan fingerprint density at radius 1 is 0.571 bits per heavy atom. The number of aliphatic hydroxyl groups is 3. The van der Waals surface area contributed by atoms with E-state index in [2.05, 4.69) is 0 Å².